The van der Waals surface area contributed by atoms with E-state index in [1.807, 2.05) is 6.07 Å². The SMILES string of the molecule is CC(O)(CO)CNC(=O)C=Cc1cccc(Cl)c1. The van der Waals surface area contributed by atoms with Crippen molar-refractivity contribution in [2.75, 3.05) is 13.2 Å². The summed E-state index contributed by atoms with van der Waals surface area (Å²) in [6.45, 7) is 1.02. The topological polar surface area (TPSA) is 69.6 Å². The Bertz CT molecular complexity index is 444. The van der Waals surface area contributed by atoms with Gasteiger partial charge in [-0.15, -0.1) is 0 Å². The second-order valence-corrected chi connectivity index (χ2v) is 4.70. The van der Waals surface area contributed by atoms with Crippen LogP contribution in [-0.2, 0) is 4.79 Å². The largest absolute Gasteiger partial charge is 0.393 e. The van der Waals surface area contributed by atoms with Gasteiger partial charge >= 0.3 is 0 Å². The summed E-state index contributed by atoms with van der Waals surface area (Å²) in [4.78, 5) is 11.4. The van der Waals surface area contributed by atoms with Gasteiger partial charge in [0.05, 0.1) is 6.61 Å². The third-order valence-corrected chi connectivity index (χ3v) is 2.50. The summed E-state index contributed by atoms with van der Waals surface area (Å²) in [5.41, 5.74) is -0.494. The van der Waals surface area contributed by atoms with Crippen molar-refractivity contribution in [3.63, 3.8) is 0 Å². The molecule has 1 atom stereocenters. The number of nitrogens with one attached hydrogen (secondary N) is 1. The summed E-state index contributed by atoms with van der Waals surface area (Å²) in [6.07, 6.45) is 2.97. The Morgan fingerprint density at radius 3 is 2.89 bits per heavy atom. The predicted molar refractivity (Wildman–Crippen MR) is 71.2 cm³/mol. The number of carbonyl (C=O) groups is 1. The van der Waals surface area contributed by atoms with Crippen molar-refractivity contribution < 1.29 is 15.0 Å². The van der Waals surface area contributed by atoms with Crippen molar-refractivity contribution in [3.8, 4) is 0 Å². The van der Waals surface area contributed by atoms with Gasteiger partial charge in [0, 0.05) is 17.6 Å². The molecule has 0 saturated heterocycles. The molecule has 0 bridgehead atoms. The van der Waals surface area contributed by atoms with E-state index in [4.69, 9.17) is 16.7 Å². The van der Waals surface area contributed by atoms with Crippen molar-refractivity contribution >= 4 is 23.6 Å². The Balaban J connectivity index is 2.50. The molecule has 0 aromatic heterocycles. The maximum Gasteiger partial charge on any atom is 0.244 e. The van der Waals surface area contributed by atoms with Gasteiger partial charge in [-0.05, 0) is 30.7 Å². The third kappa shape index (κ3) is 5.31. The molecule has 5 heteroatoms. The zero-order valence-corrected chi connectivity index (χ0v) is 10.8. The van der Waals surface area contributed by atoms with Crippen LogP contribution in [0.3, 0.4) is 0 Å². The van der Waals surface area contributed by atoms with Gasteiger partial charge in [0.2, 0.25) is 5.91 Å². The number of hydrogen-bond acceptors (Lipinski definition) is 3. The molecule has 0 aliphatic rings. The average Bonchev–Trinajstić information content (AvgIpc) is 2.34. The van der Waals surface area contributed by atoms with Crippen LogP contribution in [0.15, 0.2) is 30.3 Å². The van der Waals surface area contributed by atoms with Crippen LogP contribution in [0.1, 0.15) is 12.5 Å². The molecule has 1 aromatic carbocycles. The quantitative estimate of drug-likeness (QED) is 0.704. The van der Waals surface area contributed by atoms with Crippen molar-refractivity contribution in [2.24, 2.45) is 0 Å². The first-order valence-corrected chi connectivity index (χ1v) is 5.85. The first-order valence-electron chi connectivity index (χ1n) is 5.48. The highest BCUT2D eigenvalue weighted by Crippen LogP contribution is 2.11. The molecule has 1 aromatic rings. The van der Waals surface area contributed by atoms with Crippen LogP contribution in [0, 0.1) is 0 Å². The fourth-order valence-electron chi connectivity index (χ4n) is 1.17. The minimum atomic E-state index is -1.31. The molecule has 18 heavy (non-hydrogen) atoms. The first-order chi connectivity index (χ1) is 8.43. The van der Waals surface area contributed by atoms with Crippen molar-refractivity contribution in [1.29, 1.82) is 0 Å². The smallest absolute Gasteiger partial charge is 0.244 e. The number of carbonyl (C=O) groups excluding carboxylic acids is 1. The number of rotatable bonds is 5. The van der Waals surface area contributed by atoms with E-state index in [1.54, 1.807) is 24.3 Å². The van der Waals surface area contributed by atoms with E-state index in [2.05, 4.69) is 5.32 Å². The molecule has 3 N–H and O–H groups in total. The van der Waals surface area contributed by atoms with E-state index in [0.29, 0.717) is 5.02 Å². The molecule has 0 saturated carbocycles. The lowest BCUT2D eigenvalue weighted by atomic mass is 10.1. The zero-order chi connectivity index (χ0) is 13.6. The number of aliphatic hydroxyl groups excluding tert-OH is 1. The molecule has 0 fully saturated rings. The summed E-state index contributed by atoms with van der Waals surface area (Å²) in [5.74, 6) is -0.344. The number of hydrogen-bond donors (Lipinski definition) is 3. The van der Waals surface area contributed by atoms with Gasteiger partial charge in [-0.3, -0.25) is 4.79 Å². The molecule has 0 heterocycles. The standard InChI is InChI=1S/C13H16ClNO3/c1-13(18,9-16)8-15-12(17)6-5-10-3-2-4-11(14)7-10/h2-7,16,18H,8-9H2,1H3,(H,15,17). The van der Waals surface area contributed by atoms with Crippen LogP contribution in [0.5, 0.6) is 0 Å². The van der Waals surface area contributed by atoms with E-state index in [0.717, 1.165) is 5.56 Å². The monoisotopic (exact) mass is 269 g/mol. The minimum absolute atomic E-state index is 0.0117. The van der Waals surface area contributed by atoms with E-state index in [9.17, 15) is 9.90 Å². The first kappa shape index (κ1) is 14.7. The lowest BCUT2D eigenvalue weighted by Gasteiger charge is -2.19. The van der Waals surface area contributed by atoms with Crippen molar-refractivity contribution in [2.45, 2.75) is 12.5 Å². The van der Waals surface area contributed by atoms with E-state index in [1.165, 1.54) is 13.0 Å². The third-order valence-electron chi connectivity index (χ3n) is 2.26. The Kier molecular flexibility index (Phi) is 5.34. The summed E-state index contributed by atoms with van der Waals surface area (Å²) in [7, 11) is 0. The highest BCUT2D eigenvalue weighted by atomic mass is 35.5. The van der Waals surface area contributed by atoms with Crippen LogP contribution in [0.2, 0.25) is 5.02 Å². The Labute approximate surface area is 111 Å². The predicted octanol–water partition coefficient (Wildman–Crippen LogP) is 1.21. The second-order valence-electron chi connectivity index (χ2n) is 4.26. The molecule has 0 aliphatic heterocycles. The molecule has 1 amide bonds. The van der Waals surface area contributed by atoms with Crippen LogP contribution in [0.4, 0.5) is 0 Å². The Morgan fingerprint density at radius 1 is 1.56 bits per heavy atom. The van der Waals surface area contributed by atoms with Gasteiger partial charge in [0.15, 0.2) is 0 Å². The number of halogens is 1. The number of amides is 1. The fourth-order valence-corrected chi connectivity index (χ4v) is 1.37. The van der Waals surface area contributed by atoms with E-state index in [-0.39, 0.29) is 12.5 Å². The summed E-state index contributed by atoms with van der Waals surface area (Å²) in [6, 6.07) is 7.09. The van der Waals surface area contributed by atoms with Crippen molar-refractivity contribution in [1.82, 2.24) is 5.32 Å². The van der Waals surface area contributed by atoms with E-state index < -0.39 is 12.2 Å². The molecular formula is C13H16ClNO3. The molecule has 4 nitrogen and oxygen atoms in total. The average molecular weight is 270 g/mol. The van der Waals surface area contributed by atoms with Crippen LogP contribution < -0.4 is 5.32 Å². The lowest BCUT2D eigenvalue weighted by molar-refractivity contribution is -0.117. The maximum atomic E-state index is 11.4. The van der Waals surface area contributed by atoms with Gasteiger partial charge in [-0.25, -0.2) is 0 Å². The van der Waals surface area contributed by atoms with E-state index >= 15 is 0 Å². The summed E-state index contributed by atoms with van der Waals surface area (Å²) < 4.78 is 0. The van der Waals surface area contributed by atoms with Crippen LogP contribution in [0.25, 0.3) is 6.08 Å². The number of aliphatic hydroxyl groups is 2. The molecule has 0 aliphatic carbocycles. The van der Waals surface area contributed by atoms with Crippen molar-refractivity contribution in [3.05, 3.63) is 40.9 Å². The Hall–Kier alpha value is -1.36. The maximum absolute atomic E-state index is 11.4. The summed E-state index contributed by atoms with van der Waals surface area (Å²) in [5, 5.41) is 21.4. The van der Waals surface area contributed by atoms with Gasteiger partial charge in [-0.1, -0.05) is 23.7 Å². The summed E-state index contributed by atoms with van der Waals surface area (Å²) >= 11 is 5.80. The van der Waals surface area contributed by atoms with Gasteiger partial charge in [-0.2, -0.15) is 0 Å². The normalized spacial score (nSPS) is 14.4. The van der Waals surface area contributed by atoms with Gasteiger partial charge in [0.25, 0.3) is 0 Å². The van der Waals surface area contributed by atoms with Gasteiger partial charge < -0.3 is 15.5 Å². The second kappa shape index (κ2) is 6.54. The highest BCUT2D eigenvalue weighted by Gasteiger charge is 2.18. The lowest BCUT2D eigenvalue weighted by Crippen LogP contribution is -2.42. The molecule has 98 valence electrons. The number of benzene rings is 1. The highest BCUT2D eigenvalue weighted by molar-refractivity contribution is 6.30. The minimum Gasteiger partial charge on any atom is -0.393 e. The zero-order valence-electron chi connectivity index (χ0n) is 10.1. The molecular weight excluding hydrogens is 254 g/mol. The molecule has 1 rings (SSSR count). The molecule has 0 radical (unpaired) electrons. The van der Waals surface area contributed by atoms with Crippen LogP contribution in [-0.4, -0.2) is 34.9 Å². The fraction of sp³-hybridized carbons (Fsp3) is 0.308. The van der Waals surface area contributed by atoms with Gasteiger partial charge in [0.1, 0.15) is 5.60 Å². The Morgan fingerprint density at radius 2 is 2.28 bits per heavy atom. The molecule has 1 unspecified atom stereocenters. The van der Waals surface area contributed by atoms with Crippen LogP contribution >= 0.6 is 11.6 Å². The molecule has 0 spiro atoms.